The van der Waals surface area contributed by atoms with Crippen LogP contribution in [-0.2, 0) is 5.41 Å². The number of amides is 1. The van der Waals surface area contributed by atoms with Crippen molar-refractivity contribution < 1.29 is 4.79 Å². The highest BCUT2D eigenvalue weighted by Gasteiger charge is 2.46. The SMILES string of the molecule is Cc1[nH]c2ccccc2c1C1(CNC(=O)c2cccs2)CC1. The van der Waals surface area contributed by atoms with E-state index in [0.29, 0.717) is 6.54 Å². The van der Waals surface area contributed by atoms with E-state index in [2.05, 4.69) is 41.5 Å². The molecule has 0 unspecified atom stereocenters. The molecule has 4 heteroatoms. The lowest BCUT2D eigenvalue weighted by Crippen LogP contribution is -2.32. The number of carbonyl (C=O) groups excluding carboxylic acids is 1. The third-order valence-electron chi connectivity index (χ3n) is 4.61. The molecule has 0 radical (unpaired) electrons. The van der Waals surface area contributed by atoms with Crippen molar-refractivity contribution >= 4 is 28.1 Å². The molecule has 112 valence electrons. The molecule has 0 saturated heterocycles. The van der Waals surface area contributed by atoms with Crippen molar-refractivity contribution in [2.45, 2.75) is 25.2 Å². The first kappa shape index (κ1) is 13.6. The van der Waals surface area contributed by atoms with Gasteiger partial charge in [-0.05, 0) is 42.8 Å². The van der Waals surface area contributed by atoms with Gasteiger partial charge in [-0.25, -0.2) is 0 Å². The quantitative estimate of drug-likeness (QED) is 0.751. The van der Waals surface area contributed by atoms with Gasteiger partial charge in [0, 0.05) is 28.6 Å². The average Bonchev–Trinajstić information content (AvgIpc) is 2.97. The van der Waals surface area contributed by atoms with Gasteiger partial charge in [-0.1, -0.05) is 24.3 Å². The Bertz CT molecular complexity index is 828. The van der Waals surface area contributed by atoms with E-state index in [4.69, 9.17) is 0 Å². The van der Waals surface area contributed by atoms with Crippen LogP contribution < -0.4 is 5.32 Å². The van der Waals surface area contributed by atoms with Gasteiger partial charge in [0.2, 0.25) is 0 Å². The summed E-state index contributed by atoms with van der Waals surface area (Å²) in [5, 5.41) is 6.36. The van der Waals surface area contributed by atoms with Crippen molar-refractivity contribution in [3.63, 3.8) is 0 Å². The van der Waals surface area contributed by atoms with E-state index in [1.54, 1.807) is 0 Å². The number of benzene rings is 1. The molecule has 3 nitrogen and oxygen atoms in total. The number of aromatic amines is 1. The Balaban J connectivity index is 1.61. The molecular weight excluding hydrogens is 292 g/mol. The summed E-state index contributed by atoms with van der Waals surface area (Å²) < 4.78 is 0. The van der Waals surface area contributed by atoms with Crippen LogP contribution in [0.25, 0.3) is 10.9 Å². The second-order valence-corrected chi connectivity index (χ2v) is 7.06. The minimum absolute atomic E-state index is 0.0405. The van der Waals surface area contributed by atoms with E-state index in [1.807, 2.05) is 17.5 Å². The first-order valence-electron chi connectivity index (χ1n) is 7.59. The lowest BCUT2D eigenvalue weighted by molar-refractivity contribution is 0.0954. The molecule has 0 atom stereocenters. The Morgan fingerprint density at radius 3 is 2.82 bits per heavy atom. The lowest BCUT2D eigenvalue weighted by atomic mass is 9.93. The van der Waals surface area contributed by atoms with E-state index in [1.165, 1.54) is 33.5 Å². The van der Waals surface area contributed by atoms with Gasteiger partial charge in [0.15, 0.2) is 0 Å². The van der Waals surface area contributed by atoms with Crippen LogP contribution in [0.2, 0.25) is 0 Å². The van der Waals surface area contributed by atoms with Crippen LogP contribution in [0.3, 0.4) is 0 Å². The van der Waals surface area contributed by atoms with E-state index in [9.17, 15) is 4.79 Å². The van der Waals surface area contributed by atoms with E-state index >= 15 is 0 Å². The molecule has 3 aromatic rings. The number of para-hydroxylation sites is 1. The number of H-pyrrole nitrogens is 1. The zero-order valence-corrected chi connectivity index (χ0v) is 13.3. The first-order valence-corrected chi connectivity index (χ1v) is 8.47. The summed E-state index contributed by atoms with van der Waals surface area (Å²) in [5.41, 5.74) is 3.90. The van der Waals surface area contributed by atoms with Crippen LogP contribution in [0.1, 0.15) is 33.8 Å². The summed E-state index contributed by atoms with van der Waals surface area (Å²) in [4.78, 5) is 16.5. The molecular formula is C18H18N2OS. The number of rotatable bonds is 4. The topological polar surface area (TPSA) is 44.9 Å². The molecule has 4 rings (SSSR count). The van der Waals surface area contributed by atoms with E-state index in [0.717, 1.165) is 17.7 Å². The van der Waals surface area contributed by atoms with Gasteiger partial charge in [0.25, 0.3) is 5.91 Å². The third kappa shape index (κ3) is 2.15. The molecule has 22 heavy (non-hydrogen) atoms. The molecule has 1 aliphatic carbocycles. The number of fused-ring (bicyclic) bond motifs is 1. The summed E-state index contributed by atoms with van der Waals surface area (Å²) in [6.45, 7) is 2.85. The Kier molecular flexibility index (Phi) is 3.08. The minimum atomic E-state index is 0.0405. The van der Waals surface area contributed by atoms with Crippen molar-refractivity contribution in [1.82, 2.24) is 10.3 Å². The van der Waals surface area contributed by atoms with Crippen LogP contribution in [0.15, 0.2) is 41.8 Å². The van der Waals surface area contributed by atoms with Crippen molar-refractivity contribution in [3.8, 4) is 0 Å². The maximum Gasteiger partial charge on any atom is 0.261 e. The fourth-order valence-electron chi connectivity index (χ4n) is 3.37. The number of hydrogen-bond acceptors (Lipinski definition) is 2. The predicted molar refractivity (Wildman–Crippen MR) is 90.6 cm³/mol. The van der Waals surface area contributed by atoms with Crippen molar-refractivity contribution in [1.29, 1.82) is 0 Å². The molecule has 1 aromatic carbocycles. The average molecular weight is 310 g/mol. The monoisotopic (exact) mass is 310 g/mol. The number of aromatic nitrogens is 1. The van der Waals surface area contributed by atoms with Gasteiger partial charge in [0.05, 0.1) is 4.88 Å². The van der Waals surface area contributed by atoms with Crippen molar-refractivity contribution in [2.24, 2.45) is 0 Å². The highest BCUT2D eigenvalue weighted by Crippen LogP contribution is 2.51. The number of nitrogens with one attached hydrogen (secondary N) is 2. The molecule has 2 heterocycles. The van der Waals surface area contributed by atoms with Crippen LogP contribution in [0.4, 0.5) is 0 Å². The summed E-state index contributed by atoms with van der Waals surface area (Å²) in [7, 11) is 0. The maximum atomic E-state index is 12.2. The van der Waals surface area contributed by atoms with Crippen LogP contribution in [0, 0.1) is 6.92 Å². The summed E-state index contributed by atoms with van der Waals surface area (Å²) >= 11 is 1.49. The largest absolute Gasteiger partial charge is 0.358 e. The van der Waals surface area contributed by atoms with Crippen molar-refractivity contribution in [2.75, 3.05) is 6.54 Å². The summed E-state index contributed by atoms with van der Waals surface area (Å²) in [6.07, 6.45) is 2.28. The van der Waals surface area contributed by atoms with Gasteiger partial charge < -0.3 is 10.3 Å². The smallest absolute Gasteiger partial charge is 0.261 e. The summed E-state index contributed by atoms with van der Waals surface area (Å²) in [6, 6.07) is 12.2. The highest BCUT2D eigenvalue weighted by molar-refractivity contribution is 7.12. The molecule has 2 aromatic heterocycles. The molecule has 0 aliphatic heterocycles. The van der Waals surface area contributed by atoms with Gasteiger partial charge in [-0.15, -0.1) is 11.3 Å². The molecule has 1 fully saturated rings. The molecule has 0 spiro atoms. The lowest BCUT2D eigenvalue weighted by Gasteiger charge is -2.17. The Hall–Kier alpha value is -2.07. The molecule has 0 bridgehead atoms. The highest BCUT2D eigenvalue weighted by atomic mass is 32.1. The predicted octanol–water partition coefficient (Wildman–Crippen LogP) is 4.00. The number of aryl methyl sites for hydroxylation is 1. The molecule has 1 saturated carbocycles. The second kappa shape index (κ2) is 4.99. The first-order chi connectivity index (χ1) is 10.7. The van der Waals surface area contributed by atoms with Gasteiger partial charge in [-0.3, -0.25) is 4.79 Å². The normalized spacial score (nSPS) is 15.9. The van der Waals surface area contributed by atoms with E-state index < -0.39 is 0 Å². The zero-order chi connectivity index (χ0) is 15.2. The fraction of sp³-hybridized carbons (Fsp3) is 0.278. The molecule has 1 aliphatic rings. The minimum Gasteiger partial charge on any atom is -0.358 e. The zero-order valence-electron chi connectivity index (χ0n) is 12.5. The standard InChI is InChI=1S/C18H18N2OS/c1-12-16(13-5-2-3-6-14(13)20-12)18(8-9-18)11-19-17(21)15-7-4-10-22-15/h2-7,10,20H,8-9,11H2,1H3,(H,19,21). The van der Waals surface area contributed by atoms with Gasteiger partial charge in [-0.2, -0.15) is 0 Å². The Labute approximate surface area is 133 Å². The molecule has 1 amide bonds. The van der Waals surface area contributed by atoms with Crippen LogP contribution in [-0.4, -0.2) is 17.4 Å². The van der Waals surface area contributed by atoms with E-state index in [-0.39, 0.29) is 11.3 Å². The Morgan fingerprint density at radius 2 is 2.09 bits per heavy atom. The number of hydrogen-bond donors (Lipinski definition) is 2. The van der Waals surface area contributed by atoms with Crippen molar-refractivity contribution in [3.05, 3.63) is 57.9 Å². The number of carbonyl (C=O) groups is 1. The Morgan fingerprint density at radius 1 is 1.27 bits per heavy atom. The number of thiophene rings is 1. The third-order valence-corrected chi connectivity index (χ3v) is 5.48. The summed E-state index contributed by atoms with van der Waals surface area (Å²) in [5.74, 6) is 0.0405. The van der Waals surface area contributed by atoms with Crippen LogP contribution >= 0.6 is 11.3 Å². The maximum absolute atomic E-state index is 12.2. The molecule has 2 N–H and O–H groups in total. The fourth-order valence-corrected chi connectivity index (χ4v) is 4.01. The second-order valence-electron chi connectivity index (χ2n) is 6.11. The van der Waals surface area contributed by atoms with Crippen LogP contribution in [0.5, 0.6) is 0 Å². The van der Waals surface area contributed by atoms with Gasteiger partial charge >= 0.3 is 0 Å². The van der Waals surface area contributed by atoms with Gasteiger partial charge in [0.1, 0.15) is 0 Å².